The molecule has 0 heterocycles. The summed E-state index contributed by atoms with van der Waals surface area (Å²) in [6.45, 7) is 2.89. The van der Waals surface area contributed by atoms with Gasteiger partial charge in [-0.15, -0.1) is 0 Å². The molecule has 3 heteroatoms. The minimum Gasteiger partial charge on any atom is -0.489 e. The highest BCUT2D eigenvalue weighted by atomic mass is 19.1. The van der Waals surface area contributed by atoms with Crippen molar-refractivity contribution in [2.45, 2.75) is 39.2 Å². The Balaban J connectivity index is 1.83. The van der Waals surface area contributed by atoms with Gasteiger partial charge in [-0.1, -0.05) is 30.7 Å². The van der Waals surface area contributed by atoms with E-state index in [1.165, 1.54) is 18.1 Å². The predicted molar refractivity (Wildman–Crippen MR) is 88.5 cm³/mol. The summed E-state index contributed by atoms with van der Waals surface area (Å²) in [6, 6.07) is 13.2. The van der Waals surface area contributed by atoms with Gasteiger partial charge in [0.25, 0.3) is 0 Å². The maximum absolute atomic E-state index is 13.7. The molecule has 2 nitrogen and oxygen atoms in total. The Morgan fingerprint density at radius 1 is 1.00 bits per heavy atom. The van der Waals surface area contributed by atoms with Gasteiger partial charge in [0.2, 0.25) is 0 Å². The average Bonchev–Trinajstić information content (AvgIpc) is 2.52. The van der Waals surface area contributed by atoms with Crippen LogP contribution in [0.5, 0.6) is 5.75 Å². The van der Waals surface area contributed by atoms with Crippen LogP contribution in [-0.2, 0) is 13.0 Å². The van der Waals surface area contributed by atoms with Crippen molar-refractivity contribution < 1.29 is 9.13 Å². The number of nitrogens with two attached hydrogens (primary N) is 1. The fraction of sp³-hybridized carbons (Fsp3) is 0.368. The van der Waals surface area contributed by atoms with Crippen molar-refractivity contribution in [3.8, 4) is 5.75 Å². The van der Waals surface area contributed by atoms with Gasteiger partial charge in [-0.05, 0) is 62.1 Å². The molecule has 22 heavy (non-hydrogen) atoms. The lowest BCUT2D eigenvalue weighted by molar-refractivity contribution is 0.299. The first kappa shape index (κ1) is 16.5. The molecular weight excluding hydrogens is 277 g/mol. The second-order valence-electron chi connectivity index (χ2n) is 5.63. The van der Waals surface area contributed by atoms with E-state index < -0.39 is 0 Å². The molecule has 2 N–H and O–H groups in total. The number of unbranched alkanes of at least 4 members (excludes halogenated alkanes) is 2. The summed E-state index contributed by atoms with van der Waals surface area (Å²) in [7, 11) is 0. The minimum absolute atomic E-state index is 0.212. The summed E-state index contributed by atoms with van der Waals surface area (Å²) in [6.07, 6.45) is 4.48. The number of hydrogen-bond donors (Lipinski definition) is 1. The van der Waals surface area contributed by atoms with E-state index in [0.29, 0.717) is 5.56 Å². The van der Waals surface area contributed by atoms with Crippen molar-refractivity contribution >= 4 is 0 Å². The van der Waals surface area contributed by atoms with Gasteiger partial charge >= 0.3 is 0 Å². The maximum Gasteiger partial charge on any atom is 0.130 e. The van der Waals surface area contributed by atoms with Crippen molar-refractivity contribution in [2.24, 2.45) is 5.73 Å². The standard InChI is InChI=1S/C19H24FNO/c1-15-6-9-17(19(20)13-15)14-22-18-10-7-16(8-11-18)5-3-2-4-12-21/h6-11,13H,2-5,12,14,21H2,1H3. The van der Waals surface area contributed by atoms with Crippen LogP contribution in [0.1, 0.15) is 36.0 Å². The lowest BCUT2D eigenvalue weighted by Gasteiger charge is -2.09. The topological polar surface area (TPSA) is 35.2 Å². The Morgan fingerprint density at radius 2 is 1.77 bits per heavy atom. The fourth-order valence-electron chi connectivity index (χ4n) is 2.33. The number of aryl methyl sites for hydroxylation is 2. The van der Waals surface area contributed by atoms with E-state index in [1.807, 2.05) is 25.1 Å². The zero-order valence-corrected chi connectivity index (χ0v) is 13.1. The maximum atomic E-state index is 13.7. The summed E-state index contributed by atoms with van der Waals surface area (Å²) in [4.78, 5) is 0. The van der Waals surface area contributed by atoms with Gasteiger partial charge in [-0.2, -0.15) is 0 Å². The van der Waals surface area contributed by atoms with Gasteiger partial charge in [0.1, 0.15) is 18.2 Å². The molecule has 0 atom stereocenters. The zero-order chi connectivity index (χ0) is 15.8. The molecule has 0 bridgehead atoms. The summed E-state index contributed by atoms with van der Waals surface area (Å²) in [5.41, 5.74) is 8.28. The van der Waals surface area contributed by atoms with Crippen LogP contribution in [0.4, 0.5) is 4.39 Å². The van der Waals surface area contributed by atoms with E-state index in [2.05, 4.69) is 12.1 Å². The quantitative estimate of drug-likeness (QED) is 0.734. The monoisotopic (exact) mass is 301 g/mol. The Labute approximate surface area is 132 Å². The molecule has 0 saturated heterocycles. The highest BCUT2D eigenvalue weighted by Crippen LogP contribution is 2.17. The SMILES string of the molecule is Cc1ccc(COc2ccc(CCCCCN)cc2)c(F)c1. The molecule has 0 aliphatic heterocycles. The number of halogens is 1. The fourth-order valence-corrected chi connectivity index (χ4v) is 2.33. The smallest absolute Gasteiger partial charge is 0.130 e. The Morgan fingerprint density at radius 3 is 2.45 bits per heavy atom. The van der Waals surface area contributed by atoms with E-state index >= 15 is 0 Å². The number of benzene rings is 2. The molecule has 2 rings (SSSR count). The van der Waals surface area contributed by atoms with E-state index in [9.17, 15) is 4.39 Å². The molecule has 0 radical (unpaired) electrons. The lowest BCUT2D eigenvalue weighted by atomic mass is 10.1. The van der Waals surface area contributed by atoms with Gasteiger partial charge < -0.3 is 10.5 Å². The zero-order valence-electron chi connectivity index (χ0n) is 13.1. The second kappa shape index (κ2) is 8.54. The Hall–Kier alpha value is -1.87. The van der Waals surface area contributed by atoms with Crippen LogP contribution in [0, 0.1) is 12.7 Å². The normalized spacial score (nSPS) is 10.7. The summed E-state index contributed by atoms with van der Waals surface area (Å²) in [5.74, 6) is 0.558. The van der Waals surface area contributed by atoms with Crippen LogP contribution in [0.15, 0.2) is 42.5 Å². The molecule has 0 saturated carbocycles. The highest BCUT2D eigenvalue weighted by molar-refractivity contribution is 5.28. The number of rotatable bonds is 8. The Kier molecular flexibility index (Phi) is 6.41. The first-order valence-electron chi connectivity index (χ1n) is 7.86. The van der Waals surface area contributed by atoms with Gasteiger partial charge in [-0.25, -0.2) is 4.39 Å². The third kappa shape index (κ3) is 5.15. The van der Waals surface area contributed by atoms with Crippen molar-refractivity contribution in [1.29, 1.82) is 0 Å². The van der Waals surface area contributed by atoms with Crippen molar-refractivity contribution in [1.82, 2.24) is 0 Å². The molecule has 0 amide bonds. The predicted octanol–water partition coefficient (Wildman–Crippen LogP) is 4.38. The lowest BCUT2D eigenvalue weighted by Crippen LogP contribution is -1.99. The largest absolute Gasteiger partial charge is 0.489 e. The van der Waals surface area contributed by atoms with E-state index in [-0.39, 0.29) is 12.4 Å². The molecule has 2 aromatic rings. The van der Waals surface area contributed by atoms with Crippen LogP contribution in [0.25, 0.3) is 0 Å². The van der Waals surface area contributed by atoms with Gasteiger partial charge in [0, 0.05) is 5.56 Å². The number of hydrogen-bond acceptors (Lipinski definition) is 2. The minimum atomic E-state index is -0.212. The van der Waals surface area contributed by atoms with Gasteiger partial charge in [0.15, 0.2) is 0 Å². The molecule has 118 valence electrons. The van der Waals surface area contributed by atoms with Crippen molar-refractivity contribution in [3.05, 3.63) is 65.0 Å². The van der Waals surface area contributed by atoms with Crippen LogP contribution >= 0.6 is 0 Å². The molecule has 0 fully saturated rings. The van der Waals surface area contributed by atoms with Gasteiger partial charge in [-0.3, -0.25) is 0 Å². The third-order valence-electron chi connectivity index (χ3n) is 3.70. The molecule has 2 aromatic carbocycles. The molecule has 0 spiro atoms. The first-order chi connectivity index (χ1) is 10.7. The van der Waals surface area contributed by atoms with Crippen molar-refractivity contribution in [2.75, 3.05) is 6.54 Å². The number of ether oxygens (including phenoxy) is 1. The average molecular weight is 301 g/mol. The van der Waals surface area contributed by atoms with Crippen LogP contribution < -0.4 is 10.5 Å². The van der Waals surface area contributed by atoms with E-state index in [4.69, 9.17) is 10.5 Å². The molecule has 0 unspecified atom stereocenters. The summed E-state index contributed by atoms with van der Waals surface area (Å²) in [5, 5.41) is 0. The third-order valence-corrected chi connectivity index (χ3v) is 3.70. The highest BCUT2D eigenvalue weighted by Gasteiger charge is 2.03. The molecule has 0 aromatic heterocycles. The molecule has 0 aliphatic rings. The second-order valence-corrected chi connectivity index (χ2v) is 5.63. The van der Waals surface area contributed by atoms with Gasteiger partial charge in [0.05, 0.1) is 0 Å². The summed E-state index contributed by atoms with van der Waals surface area (Å²) < 4.78 is 19.4. The van der Waals surface area contributed by atoms with Crippen LogP contribution in [-0.4, -0.2) is 6.54 Å². The summed E-state index contributed by atoms with van der Waals surface area (Å²) >= 11 is 0. The van der Waals surface area contributed by atoms with E-state index in [0.717, 1.165) is 37.1 Å². The van der Waals surface area contributed by atoms with Crippen LogP contribution in [0.2, 0.25) is 0 Å². The Bertz CT molecular complexity index is 580. The van der Waals surface area contributed by atoms with Crippen LogP contribution in [0.3, 0.4) is 0 Å². The van der Waals surface area contributed by atoms with Crippen molar-refractivity contribution in [3.63, 3.8) is 0 Å². The molecule has 0 aliphatic carbocycles. The molecular formula is C19H24FNO. The van der Waals surface area contributed by atoms with E-state index in [1.54, 1.807) is 6.07 Å². The first-order valence-corrected chi connectivity index (χ1v) is 7.86.